The number of likely N-dealkylation sites (tertiary alicyclic amines) is 1. The lowest BCUT2D eigenvalue weighted by Crippen LogP contribution is -2.65. The largest absolute Gasteiger partial charge is 0.390 e. The van der Waals surface area contributed by atoms with Crippen LogP contribution in [0.4, 0.5) is 4.39 Å². The van der Waals surface area contributed by atoms with Gasteiger partial charge in [-0.05, 0) is 74.5 Å². The van der Waals surface area contributed by atoms with Gasteiger partial charge in [0.2, 0.25) is 5.91 Å². The number of hydrogen-bond acceptors (Lipinski definition) is 3. The second-order valence-electron chi connectivity index (χ2n) is 10.0. The summed E-state index contributed by atoms with van der Waals surface area (Å²) < 4.78 is 13.6. The molecule has 1 saturated heterocycles. The van der Waals surface area contributed by atoms with E-state index in [1.807, 2.05) is 12.1 Å². The van der Waals surface area contributed by atoms with Gasteiger partial charge in [-0.1, -0.05) is 12.1 Å². The molecule has 0 aromatic heterocycles. The molecule has 4 nitrogen and oxygen atoms in total. The zero-order valence-electron chi connectivity index (χ0n) is 15.8. The van der Waals surface area contributed by atoms with Crippen molar-refractivity contribution in [2.24, 2.45) is 17.8 Å². The topological polar surface area (TPSA) is 60.8 Å². The smallest absolute Gasteiger partial charge is 0.223 e. The second kappa shape index (κ2) is 5.54. The van der Waals surface area contributed by atoms with Gasteiger partial charge in [-0.25, -0.2) is 4.39 Å². The molecular formula is C22H28FNO3. The van der Waals surface area contributed by atoms with E-state index in [4.69, 9.17) is 0 Å². The fourth-order valence-corrected chi connectivity index (χ4v) is 6.99. The Morgan fingerprint density at radius 3 is 2.22 bits per heavy atom. The summed E-state index contributed by atoms with van der Waals surface area (Å²) in [6.07, 6.45) is 4.85. The lowest BCUT2D eigenvalue weighted by atomic mass is 9.41. The Morgan fingerprint density at radius 1 is 1.11 bits per heavy atom. The molecule has 2 N–H and O–H groups in total. The van der Waals surface area contributed by atoms with Gasteiger partial charge in [0.15, 0.2) is 0 Å². The molecule has 2 atom stereocenters. The molecule has 1 aliphatic heterocycles. The molecule has 2 unspecified atom stereocenters. The van der Waals surface area contributed by atoms with Crippen molar-refractivity contribution >= 4 is 5.91 Å². The lowest BCUT2D eigenvalue weighted by Gasteiger charge is -2.64. The van der Waals surface area contributed by atoms with Crippen molar-refractivity contribution in [2.75, 3.05) is 13.1 Å². The molecule has 27 heavy (non-hydrogen) atoms. The zero-order chi connectivity index (χ0) is 19.0. The highest BCUT2D eigenvalue weighted by Crippen LogP contribution is 2.65. The predicted molar refractivity (Wildman–Crippen MR) is 98.4 cm³/mol. The van der Waals surface area contributed by atoms with Crippen LogP contribution in [-0.2, 0) is 10.2 Å². The zero-order valence-corrected chi connectivity index (χ0v) is 15.8. The van der Waals surface area contributed by atoms with E-state index in [0.29, 0.717) is 25.4 Å². The van der Waals surface area contributed by atoms with E-state index in [1.54, 1.807) is 11.8 Å². The van der Waals surface area contributed by atoms with Crippen molar-refractivity contribution in [3.63, 3.8) is 0 Å². The molecule has 0 spiro atoms. The fourth-order valence-electron chi connectivity index (χ4n) is 6.99. The summed E-state index contributed by atoms with van der Waals surface area (Å²) in [6, 6.07) is 6.69. The van der Waals surface area contributed by atoms with Crippen LogP contribution in [0.3, 0.4) is 0 Å². The number of carbonyl (C=O) groups is 1. The number of carbonyl (C=O) groups excluding carboxylic acids is 1. The van der Waals surface area contributed by atoms with E-state index in [1.165, 1.54) is 12.1 Å². The first kappa shape index (κ1) is 17.6. The summed E-state index contributed by atoms with van der Waals surface area (Å²) in [5.41, 5.74) is -0.640. The van der Waals surface area contributed by atoms with Crippen molar-refractivity contribution < 1.29 is 19.4 Å². The van der Waals surface area contributed by atoms with E-state index in [0.717, 1.165) is 37.7 Å². The van der Waals surface area contributed by atoms with Crippen LogP contribution in [0.25, 0.3) is 0 Å². The molecule has 4 aliphatic carbocycles. The van der Waals surface area contributed by atoms with Crippen LogP contribution in [-0.4, -0.2) is 45.3 Å². The number of hydrogen-bond donors (Lipinski definition) is 2. The average molecular weight is 373 g/mol. The lowest BCUT2D eigenvalue weighted by molar-refractivity contribution is -0.177. The van der Waals surface area contributed by atoms with Crippen LogP contribution in [0.15, 0.2) is 24.3 Å². The average Bonchev–Trinajstić information content (AvgIpc) is 2.55. The molecule has 1 amide bonds. The quantitative estimate of drug-likeness (QED) is 0.856. The van der Waals surface area contributed by atoms with Gasteiger partial charge in [0.25, 0.3) is 0 Å². The van der Waals surface area contributed by atoms with Crippen molar-refractivity contribution in [2.45, 2.75) is 62.1 Å². The molecule has 6 rings (SSSR count). The predicted octanol–water partition coefficient (Wildman–Crippen LogP) is 2.62. The van der Waals surface area contributed by atoms with Crippen LogP contribution in [0.1, 0.15) is 51.0 Å². The number of amides is 1. The van der Waals surface area contributed by atoms with Gasteiger partial charge in [0.05, 0.1) is 24.3 Å². The summed E-state index contributed by atoms with van der Waals surface area (Å²) in [4.78, 5) is 14.8. The van der Waals surface area contributed by atoms with Crippen LogP contribution < -0.4 is 0 Å². The van der Waals surface area contributed by atoms with Gasteiger partial charge in [-0.15, -0.1) is 0 Å². The number of aliphatic hydroxyl groups is 2. The van der Waals surface area contributed by atoms with Gasteiger partial charge in [0, 0.05) is 11.8 Å². The Balaban J connectivity index is 1.51. The van der Waals surface area contributed by atoms with Crippen LogP contribution in [0, 0.1) is 23.6 Å². The van der Waals surface area contributed by atoms with E-state index < -0.39 is 11.2 Å². The van der Waals surface area contributed by atoms with E-state index in [2.05, 4.69) is 0 Å². The molecule has 5 heteroatoms. The van der Waals surface area contributed by atoms with Crippen LogP contribution >= 0.6 is 0 Å². The normalized spacial score (nSPS) is 41.5. The molecule has 5 fully saturated rings. The number of halogens is 1. The monoisotopic (exact) mass is 373 g/mol. The van der Waals surface area contributed by atoms with Crippen LogP contribution in [0.2, 0.25) is 0 Å². The Kier molecular flexibility index (Phi) is 3.62. The third-order valence-electron chi connectivity index (χ3n) is 7.86. The minimum Gasteiger partial charge on any atom is -0.390 e. The van der Waals surface area contributed by atoms with Gasteiger partial charge in [0.1, 0.15) is 5.82 Å². The first-order chi connectivity index (χ1) is 12.7. The molecule has 4 saturated carbocycles. The highest BCUT2D eigenvalue weighted by molar-refractivity contribution is 5.79. The SMILES string of the molecule is CC1(O)CN(C(=O)CC2(c3ccc(F)cc3)C3CC4CC2CC(O)(C4)C3)C1. The molecular weight excluding hydrogens is 345 g/mol. The molecule has 5 aliphatic rings. The number of rotatable bonds is 3. The van der Waals surface area contributed by atoms with Crippen molar-refractivity contribution in [1.82, 2.24) is 4.90 Å². The molecule has 1 aromatic rings. The maximum atomic E-state index is 13.6. The molecule has 1 heterocycles. The van der Waals surface area contributed by atoms with Gasteiger partial charge < -0.3 is 15.1 Å². The third-order valence-corrected chi connectivity index (χ3v) is 7.86. The van der Waals surface area contributed by atoms with Crippen molar-refractivity contribution in [3.05, 3.63) is 35.6 Å². The molecule has 0 radical (unpaired) electrons. The second-order valence-corrected chi connectivity index (χ2v) is 10.0. The Bertz CT molecular complexity index is 750. The first-order valence-electron chi connectivity index (χ1n) is 10.2. The van der Waals surface area contributed by atoms with E-state index in [9.17, 15) is 19.4 Å². The summed E-state index contributed by atoms with van der Waals surface area (Å²) in [5, 5.41) is 21.0. The van der Waals surface area contributed by atoms with Gasteiger partial charge in [-0.2, -0.15) is 0 Å². The summed E-state index contributed by atoms with van der Waals surface area (Å²) in [5.74, 6) is 0.864. The molecule has 4 bridgehead atoms. The van der Waals surface area contributed by atoms with E-state index >= 15 is 0 Å². The van der Waals surface area contributed by atoms with Crippen LogP contribution in [0.5, 0.6) is 0 Å². The number of nitrogens with zero attached hydrogens (tertiary/aromatic N) is 1. The van der Waals surface area contributed by atoms with Gasteiger partial charge >= 0.3 is 0 Å². The standard InChI is InChI=1S/C22H28FNO3/c1-20(26)12-24(13-20)19(25)11-22(15-2-4-18(23)5-3-15)16-6-14-7-17(22)10-21(27,8-14)9-16/h2-5,14,16-17,26-27H,6-13H2,1H3. The summed E-state index contributed by atoms with van der Waals surface area (Å²) in [7, 11) is 0. The number of β-amino-alcohol motifs (C(OH)–C–C–N with tert-alkyl or cyclic N) is 1. The third kappa shape index (κ3) is 2.65. The summed E-state index contributed by atoms with van der Waals surface area (Å²) in [6.45, 7) is 2.52. The Hall–Kier alpha value is -1.46. The van der Waals surface area contributed by atoms with E-state index in [-0.39, 0.29) is 29.0 Å². The Morgan fingerprint density at radius 2 is 1.70 bits per heavy atom. The maximum Gasteiger partial charge on any atom is 0.223 e. The highest BCUT2D eigenvalue weighted by atomic mass is 19.1. The van der Waals surface area contributed by atoms with Crippen molar-refractivity contribution in [1.29, 1.82) is 0 Å². The molecule has 146 valence electrons. The minimum atomic E-state index is -0.780. The Labute approximate surface area is 159 Å². The first-order valence-corrected chi connectivity index (χ1v) is 10.2. The van der Waals surface area contributed by atoms with Gasteiger partial charge in [-0.3, -0.25) is 4.79 Å². The summed E-state index contributed by atoms with van der Waals surface area (Å²) >= 11 is 0. The molecule has 1 aromatic carbocycles. The highest BCUT2D eigenvalue weighted by Gasteiger charge is 2.63. The fraction of sp³-hybridized carbons (Fsp3) is 0.682. The minimum absolute atomic E-state index is 0.0744. The maximum absolute atomic E-state index is 13.6. The number of benzene rings is 1. The van der Waals surface area contributed by atoms with Crippen molar-refractivity contribution in [3.8, 4) is 0 Å².